The third-order valence-electron chi connectivity index (χ3n) is 3.20. The summed E-state index contributed by atoms with van der Waals surface area (Å²) in [6, 6.07) is 8.20. The summed E-state index contributed by atoms with van der Waals surface area (Å²) in [6.45, 7) is 0.107. The van der Waals surface area contributed by atoms with Gasteiger partial charge in [0.2, 0.25) is 6.79 Å². The number of hydrazone groups is 1. The van der Waals surface area contributed by atoms with Gasteiger partial charge >= 0.3 is 0 Å². The van der Waals surface area contributed by atoms with Crippen LogP contribution in [0.5, 0.6) is 17.2 Å². The van der Waals surface area contributed by atoms with E-state index in [9.17, 15) is 20.0 Å². The van der Waals surface area contributed by atoms with Crippen molar-refractivity contribution in [1.29, 1.82) is 0 Å². The third-order valence-corrected chi connectivity index (χ3v) is 3.20. The van der Waals surface area contributed by atoms with Crippen molar-refractivity contribution in [3.63, 3.8) is 0 Å². The molecule has 0 fully saturated rings. The summed E-state index contributed by atoms with van der Waals surface area (Å²) in [6.07, 6.45) is 1.22. The Kier molecular flexibility index (Phi) is 3.98. The number of hydrogen-bond acceptors (Lipinski definition) is 7. The van der Waals surface area contributed by atoms with E-state index in [2.05, 4.69) is 10.5 Å². The van der Waals surface area contributed by atoms with E-state index < -0.39 is 22.3 Å². The van der Waals surface area contributed by atoms with Crippen LogP contribution in [0.1, 0.15) is 15.9 Å². The van der Waals surface area contributed by atoms with Crippen LogP contribution < -0.4 is 20.0 Å². The monoisotopic (exact) mass is 328 g/mol. The Morgan fingerprint density at radius 2 is 2.00 bits per heavy atom. The molecular formula is C15H10N3O6-. The zero-order valence-corrected chi connectivity index (χ0v) is 12.1. The summed E-state index contributed by atoms with van der Waals surface area (Å²) in [7, 11) is 0. The van der Waals surface area contributed by atoms with Crippen LogP contribution in [-0.2, 0) is 0 Å². The molecule has 9 heteroatoms. The Morgan fingerprint density at radius 1 is 1.21 bits per heavy atom. The molecule has 122 valence electrons. The number of rotatable bonds is 4. The van der Waals surface area contributed by atoms with Gasteiger partial charge in [-0.05, 0) is 35.6 Å². The van der Waals surface area contributed by atoms with Crippen LogP contribution in [0.3, 0.4) is 0 Å². The van der Waals surface area contributed by atoms with E-state index in [1.807, 2.05) is 0 Å². The van der Waals surface area contributed by atoms with Gasteiger partial charge in [-0.25, -0.2) is 5.43 Å². The van der Waals surface area contributed by atoms with Crippen molar-refractivity contribution < 1.29 is 24.3 Å². The fourth-order valence-electron chi connectivity index (χ4n) is 2.03. The SMILES string of the molecule is O=C(NN=Cc1ccc([N+](=O)[O-])c([O-])c1)c1ccc2c(c1)OCO2. The van der Waals surface area contributed by atoms with E-state index in [1.54, 1.807) is 12.1 Å². The maximum atomic E-state index is 12.0. The number of nitrogens with one attached hydrogen (secondary N) is 1. The molecule has 0 aromatic heterocycles. The zero-order chi connectivity index (χ0) is 17.1. The van der Waals surface area contributed by atoms with Gasteiger partial charge in [-0.1, -0.05) is 6.07 Å². The summed E-state index contributed by atoms with van der Waals surface area (Å²) in [5, 5.41) is 25.8. The lowest BCUT2D eigenvalue weighted by atomic mass is 10.2. The summed E-state index contributed by atoms with van der Waals surface area (Å²) < 4.78 is 10.3. The number of amides is 1. The quantitative estimate of drug-likeness (QED) is 0.510. The summed E-state index contributed by atoms with van der Waals surface area (Å²) in [4.78, 5) is 21.8. The Balaban J connectivity index is 1.66. The number of carbonyl (C=O) groups is 1. The number of fused-ring (bicyclic) bond motifs is 1. The largest absolute Gasteiger partial charge is 0.868 e. The molecular weight excluding hydrogens is 318 g/mol. The Morgan fingerprint density at radius 3 is 2.75 bits per heavy atom. The number of hydrogen-bond donors (Lipinski definition) is 1. The first-order valence-corrected chi connectivity index (χ1v) is 6.73. The van der Waals surface area contributed by atoms with Gasteiger partial charge in [-0.3, -0.25) is 14.9 Å². The number of nitro groups is 1. The summed E-state index contributed by atoms with van der Waals surface area (Å²) >= 11 is 0. The molecule has 2 aromatic carbocycles. The van der Waals surface area contributed by atoms with Crippen LogP contribution in [0.15, 0.2) is 41.5 Å². The van der Waals surface area contributed by atoms with E-state index in [1.165, 1.54) is 18.3 Å². The molecule has 1 aliphatic heterocycles. The normalized spacial score (nSPS) is 12.3. The lowest BCUT2D eigenvalue weighted by Crippen LogP contribution is -2.17. The van der Waals surface area contributed by atoms with Crippen molar-refractivity contribution in [1.82, 2.24) is 5.43 Å². The molecule has 3 rings (SSSR count). The highest BCUT2D eigenvalue weighted by Gasteiger charge is 2.15. The molecule has 1 N–H and O–H groups in total. The molecule has 0 spiro atoms. The Hall–Kier alpha value is -3.62. The summed E-state index contributed by atoms with van der Waals surface area (Å²) in [5.41, 5.74) is 2.43. The van der Waals surface area contributed by atoms with Gasteiger partial charge in [0.25, 0.3) is 11.6 Å². The van der Waals surface area contributed by atoms with Crippen LogP contribution in [0.4, 0.5) is 5.69 Å². The second kappa shape index (κ2) is 6.24. The van der Waals surface area contributed by atoms with Crippen molar-refractivity contribution in [3.05, 3.63) is 57.6 Å². The molecule has 9 nitrogen and oxygen atoms in total. The fourth-order valence-corrected chi connectivity index (χ4v) is 2.03. The molecule has 0 aliphatic carbocycles. The van der Waals surface area contributed by atoms with Crippen molar-refractivity contribution in [3.8, 4) is 17.2 Å². The second-order valence-electron chi connectivity index (χ2n) is 4.75. The predicted molar refractivity (Wildman–Crippen MR) is 80.2 cm³/mol. The van der Waals surface area contributed by atoms with Gasteiger partial charge in [0.15, 0.2) is 11.5 Å². The molecule has 0 radical (unpaired) electrons. The predicted octanol–water partition coefficient (Wildman–Crippen LogP) is 1.16. The molecule has 2 aromatic rings. The molecule has 24 heavy (non-hydrogen) atoms. The van der Waals surface area contributed by atoms with Crippen molar-refractivity contribution in [2.75, 3.05) is 6.79 Å². The number of nitrogens with zero attached hydrogens (tertiary/aromatic N) is 2. The number of benzene rings is 2. The second-order valence-corrected chi connectivity index (χ2v) is 4.75. The number of ether oxygens (including phenoxy) is 2. The van der Waals surface area contributed by atoms with Gasteiger partial charge in [0.1, 0.15) is 0 Å². The molecule has 0 bridgehead atoms. The van der Waals surface area contributed by atoms with Crippen LogP contribution in [0, 0.1) is 10.1 Å². The fraction of sp³-hybridized carbons (Fsp3) is 0.0667. The minimum atomic E-state index is -0.759. The minimum Gasteiger partial charge on any atom is -0.868 e. The van der Waals surface area contributed by atoms with Gasteiger partial charge in [-0.15, -0.1) is 0 Å². The van der Waals surface area contributed by atoms with E-state index in [4.69, 9.17) is 9.47 Å². The van der Waals surface area contributed by atoms with E-state index in [0.717, 1.165) is 12.1 Å². The average Bonchev–Trinajstić information content (AvgIpc) is 3.02. The summed E-state index contributed by atoms with van der Waals surface area (Å²) in [5.74, 6) is -0.179. The molecule has 0 unspecified atom stereocenters. The standard InChI is InChI=1S/C15H11N3O6/c19-12-5-9(1-3-11(12)18(21)22)7-16-17-15(20)10-2-4-13-14(6-10)24-8-23-13/h1-7,19H,8H2,(H,17,20)/p-1. The topological polar surface area (TPSA) is 126 Å². The van der Waals surface area contributed by atoms with Gasteiger partial charge < -0.3 is 14.6 Å². The number of carbonyl (C=O) groups excluding carboxylic acids is 1. The van der Waals surface area contributed by atoms with E-state index >= 15 is 0 Å². The van der Waals surface area contributed by atoms with E-state index in [-0.39, 0.29) is 6.79 Å². The highest BCUT2D eigenvalue weighted by Crippen LogP contribution is 2.32. The van der Waals surface area contributed by atoms with Gasteiger partial charge in [0.05, 0.1) is 11.1 Å². The van der Waals surface area contributed by atoms with Gasteiger partial charge in [0, 0.05) is 11.6 Å². The molecule has 0 atom stereocenters. The zero-order valence-electron chi connectivity index (χ0n) is 12.1. The first-order valence-electron chi connectivity index (χ1n) is 6.73. The Bertz CT molecular complexity index is 849. The van der Waals surface area contributed by atoms with Crippen molar-refractivity contribution in [2.24, 2.45) is 5.10 Å². The van der Waals surface area contributed by atoms with Crippen molar-refractivity contribution >= 4 is 17.8 Å². The molecule has 1 heterocycles. The third kappa shape index (κ3) is 3.09. The molecule has 1 amide bonds. The molecule has 1 aliphatic rings. The minimum absolute atomic E-state index is 0.107. The lowest BCUT2D eigenvalue weighted by Gasteiger charge is -2.06. The molecule has 0 saturated heterocycles. The van der Waals surface area contributed by atoms with Crippen molar-refractivity contribution in [2.45, 2.75) is 0 Å². The average molecular weight is 328 g/mol. The van der Waals surface area contributed by atoms with Gasteiger partial charge in [-0.2, -0.15) is 5.10 Å². The first-order chi connectivity index (χ1) is 11.5. The maximum Gasteiger partial charge on any atom is 0.271 e. The Labute approximate surface area is 135 Å². The number of nitro benzene ring substituents is 1. The van der Waals surface area contributed by atoms with Crippen LogP contribution >= 0.6 is 0 Å². The highest BCUT2D eigenvalue weighted by atomic mass is 16.7. The lowest BCUT2D eigenvalue weighted by molar-refractivity contribution is -0.398. The molecule has 0 saturated carbocycles. The maximum absolute atomic E-state index is 12.0. The highest BCUT2D eigenvalue weighted by molar-refractivity contribution is 5.95. The van der Waals surface area contributed by atoms with Crippen LogP contribution in [-0.4, -0.2) is 23.8 Å². The van der Waals surface area contributed by atoms with E-state index in [0.29, 0.717) is 22.6 Å². The first kappa shape index (κ1) is 15.3. The van der Waals surface area contributed by atoms with Crippen LogP contribution in [0.25, 0.3) is 0 Å². The smallest absolute Gasteiger partial charge is 0.271 e. The van der Waals surface area contributed by atoms with Crippen LogP contribution in [0.2, 0.25) is 0 Å².